The summed E-state index contributed by atoms with van der Waals surface area (Å²) in [5.74, 6) is -1.09. The molecule has 11 heavy (non-hydrogen) atoms. The van der Waals surface area contributed by atoms with Gasteiger partial charge >= 0.3 is 5.70 Å². The van der Waals surface area contributed by atoms with Crippen LogP contribution in [0.15, 0.2) is 23.7 Å². The van der Waals surface area contributed by atoms with Gasteiger partial charge in [-0.3, -0.25) is 10.1 Å². The Bertz CT molecular complexity index is 247. The van der Waals surface area contributed by atoms with Crippen LogP contribution in [0, 0.1) is 10.1 Å². The number of hydrogen-bond acceptors (Lipinski definition) is 2. The van der Waals surface area contributed by atoms with Crippen LogP contribution in [0.3, 0.4) is 0 Å². The Balaban J connectivity index is 3.01. The zero-order valence-electron chi connectivity index (χ0n) is 5.46. The quantitative estimate of drug-likeness (QED) is 0.434. The van der Waals surface area contributed by atoms with Crippen LogP contribution in [0.4, 0.5) is 8.78 Å². The third-order valence-electron chi connectivity index (χ3n) is 1.35. The molecular formula is C6H5F2NO2. The van der Waals surface area contributed by atoms with Crippen LogP contribution in [-0.2, 0) is 0 Å². The molecule has 0 heterocycles. The van der Waals surface area contributed by atoms with Crippen LogP contribution >= 0.6 is 0 Å². The second-order valence-electron chi connectivity index (χ2n) is 2.10. The number of nitro groups is 1. The minimum atomic E-state index is -1.81. The summed E-state index contributed by atoms with van der Waals surface area (Å²) in [4.78, 5) is 8.98. The van der Waals surface area contributed by atoms with Gasteiger partial charge in [0.15, 0.2) is 12.0 Å². The molecule has 1 unspecified atom stereocenters. The Labute approximate surface area is 61.2 Å². The minimum absolute atomic E-state index is 0.121. The molecule has 1 aliphatic carbocycles. The van der Waals surface area contributed by atoms with E-state index in [9.17, 15) is 18.9 Å². The lowest BCUT2D eigenvalue weighted by molar-refractivity contribution is -0.435. The van der Waals surface area contributed by atoms with Gasteiger partial charge in [0.1, 0.15) is 0 Å². The maximum Gasteiger partial charge on any atom is 0.315 e. The van der Waals surface area contributed by atoms with Gasteiger partial charge in [-0.15, -0.1) is 0 Å². The third kappa shape index (κ3) is 1.42. The van der Waals surface area contributed by atoms with Crippen molar-refractivity contribution >= 4 is 0 Å². The van der Waals surface area contributed by atoms with Crippen molar-refractivity contribution in [1.82, 2.24) is 0 Å². The van der Waals surface area contributed by atoms with E-state index in [1.807, 2.05) is 0 Å². The zero-order valence-corrected chi connectivity index (χ0v) is 5.46. The highest BCUT2D eigenvalue weighted by molar-refractivity contribution is 5.22. The Morgan fingerprint density at radius 2 is 2.36 bits per heavy atom. The van der Waals surface area contributed by atoms with E-state index < -0.39 is 22.6 Å². The van der Waals surface area contributed by atoms with E-state index in [1.54, 1.807) is 0 Å². The molecule has 0 radical (unpaired) electrons. The summed E-state index contributed by atoms with van der Waals surface area (Å²) < 4.78 is 25.0. The molecule has 1 rings (SSSR count). The van der Waals surface area contributed by atoms with Crippen LogP contribution in [0.2, 0.25) is 0 Å². The fourth-order valence-electron chi connectivity index (χ4n) is 0.839. The van der Waals surface area contributed by atoms with E-state index in [2.05, 4.69) is 0 Å². The normalized spacial score (nSPS) is 24.0. The lowest BCUT2D eigenvalue weighted by atomic mass is 10.1. The first-order valence-electron chi connectivity index (χ1n) is 2.97. The first-order chi connectivity index (χ1) is 5.13. The van der Waals surface area contributed by atoms with Crippen molar-refractivity contribution in [3.05, 3.63) is 33.8 Å². The highest BCUT2D eigenvalue weighted by atomic mass is 19.1. The fraction of sp³-hybridized carbons (Fsp3) is 0.333. The van der Waals surface area contributed by atoms with Crippen LogP contribution in [0.5, 0.6) is 0 Å². The minimum Gasteiger partial charge on any atom is -0.258 e. The Morgan fingerprint density at radius 3 is 2.73 bits per heavy atom. The third-order valence-corrected chi connectivity index (χ3v) is 1.35. The summed E-state index contributed by atoms with van der Waals surface area (Å²) in [5, 5.41) is 10.0. The second kappa shape index (κ2) is 2.77. The van der Waals surface area contributed by atoms with Crippen LogP contribution < -0.4 is 0 Å². The lowest BCUT2D eigenvalue weighted by Gasteiger charge is -2.06. The summed E-state index contributed by atoms with van der Waals surface area (Å²) >= 11 is 0. The number of alkyl halides is 1. The molecule has 0 saturated heterocycles. The molecule has 0 bridgehead atoms. The Hall–Kier alpha value is -1.26. The van der Waals surface area contributed by atoms with Crippen LogP contribution in [0.25, 0.3) is 0 Å². The monoisotopic (exact) mass is 161 g/mol. The van der Waals surface area contributed by atoms with E-state index in [0.717, 1.165) is 6.08 Å². The number of nitrogens with zero attached hydrogens (tertiary/aromatic N) is 1. The lowest BCUT2D eigenvalue weighted by Crippen LogP contribution is -2.15. The summed E-state index contributed by atoms with van der Waals surface area (Å²) in [6.07, 6.45) is 0.209. The number of rotatable bonds is 1. The van der Waals surface area contributed by atoms with Gasteiger partial charge in [-0.2, -0.15) is 4.39 Å². The molecule has 0 aliphatic heterocycles. The first kappa shape index (κ1) is 7.84. The van der Waals surface area contributed by atoms with Gasteiger partial charge in [-0.1, -0.05) is 6.08 Å². The van der Waals surface area contributed by atoms with E-state index in [4.69, 9.17) is 0 Å². The molecule has 1 atom stereocenters. The predicted octanol–water partition coefficient (Wildman–Crippen LogP) is 1.74. The number of halogens is 2. The van der Waals surface area contributed by atoms with Crippen molar-refractivity contribution in [2.45, 2.75) is 12.6 Å². The molecule has 0 N–H and O–H groups in total. The van der Waals surface area contributed by atoms with Gasteiger partial charge in [0, 0.05) is 6.42 Å². The number of hydrogen-bond donors (Lipinski definition) is 0. The molecule has 5 heteroatoms. The van der Waals surface area contributed by atoms with Crippen molar-refractivity contribution in [3.8, 4) is 0 Å². The molecular weight excluding hydrogens is 156 g/mol. The Morgan fingerprint density at radius 1 is 1.73 bits per heavy atom. The van der Waals surface area contributed by atoms with Gasteiger partial charge < -0.3 is 0 Å². The van der Waals surface area contributed by atoms with E-state index in [1.165, 1.54) is 6.08 Å². The molecule has 0 fully saturated rings. The molecule has 0 aromatic carbocycles. The molecule has 0 spiro atoms. The van der Waals surface area contributed by atoms with Crippen molar-refractivity contribution in [2.75, 3.05) is 0 Å². The van der Waals surface area contributed by atoms with Crippen molar-refractivity contribution in [3.63, 3.8) is 0 Å². The predicted molar refractivity (Wildman–Crippen MR) is 33.8 cm³/mol. The highest BCUT2D eigenvalue weighted by Crippen LogP contribution is 2.23. The average Bonchev–Trinajstić information content (AvgIpc) is 1.85. The van der Waals surface area contributed by atoms with Gasteiger partial charge in [0.25, 0.3) is 0 Å². The molecule has 0 saturated carbocycles. The zero-order chi connectivity index (χ0) is 8.43. The Kier molecular flexibility index (Phi) is 1.98. The van der Waals surface area contributed by atoms with E-state index in [-0.39, 0.29) is 6.42 Å². The summed E-state index contributed by atoms with van der Waals surface area (Å²) in [6, 6.07) is 0. The maximum atomic E-state index is 12.6. The van der Waals surface area contributed by atoms with Gasteiger partial charge in [0.2, 0.25) is 0 Å². The standard InChI is InChI=1S/C6H5F2NO2/c7-4-2-1-3-5(8)6(4)9(10)11/h1-2,5H,3H2. The number of allylic oxidation sites excluding steroid dienone is 4. The fourth-order valence-corrected chi connectivity index (χ4v) is 0.839. The van der Waals surface area contributed by atoms with Crippen molar-refractivity contribution in [1.29, 1.82) is 0 Å². The van der Waals surface area contributed by atoms with Crippen LogP contribution in [-0.4, -0.2) is 11.1 Å². The molecule has 1 aliphatic rings. The molecule has 0 aromatic rings. The SMILES string of the molecule is O=[N+]([O-])C1=C(F)C=CCC1F. The second-order valence-corrected chi connectivity index (χ2v) is 2.10. The van der Waals surface area contributed by atoms with Gasteiger partial charge in [0.05, 0.1) is 4.92 Å². The first-order valence-corrected chi connectivity index (χ1v) is 2.97. The topological polar surface area (TPSA) is 43.1 Å². The van der Waals surface area contributed by atoms with Crippen LogP contribution in [0.1, 0.15) is 6.42 Å². The van der Waals surface area contributed by atoms with E-state index >= 15 is 0 Å². The molecule has 60 valence electrons. The molecule has 0 aromatic heterocycles. The van der Waals surface area contributed by atoms with E-state index in [0.29, 0.717) is 0 Å². The molecule has 0 amide bonds. The largest absolute Gasteiger partial charge is 0.315 e. The average molecular weight is 161 g/mol. The van der Waals surface area contributed by atoms with Gasteiger partial charge in [-0.05, 0) is 6.08 Å². The summed E-state index contributed by atoms with van der Waals surface area (Å²) in [5.41, 5.74) is -0.965. The molecule has 3 nitrogen and oxygen atoms in total. The summed E-state index contributed by atoms with van der Waals surface area (Å²) in [6.45, 7) is 0. The smallest absolute Gasteiger partial charge is 0.258 e. The van der Waals surface area contributed by atoms with Gasteiger partial charge in [-0.25, -0.2) is 4.39 Å². The van der Waals surface area contributed by atoms with Crippen molar-refractivity contribution in [2.24, 2.45) is 0 Å². The maximum absolute atomic E-state index is 12.6. The van der Waals surface area contributed by atoms with Crippen molar-refractivity contribution < 1.29 is 13.7 Å². The summed E-state index contributed by atoms with van der Waals surface area (Å²) in [7, 11) is 0. The highest BCUT2D eigenvalue weighted by Gasteiger charge is 2.30.